The maximum atomic E-state index is 12.1. The molecule has 26 heavy (non-hydrogen) atoms. The van der Waals surface area contributed by atoms with E-state index in [0.717, 1.165) is 38.9 Å². The van der Waals surface area contributed by atoms with Crippen molar-refractivity contribution in [1.82, 2.24) is 15.2 Å². The number of rotatable bonds is 4. The predicted octanol–water partition coefficient (Wildman–Crippen LogP) is 1.59. The fourth-order valence-electron chi connectivity index (χ4n) is 4.04. The van der Waals surface area contributed by atoms with E-state index in [9.17, 15) is 14.7 Å². The Kier molecular flexibility index (Phi) is 4.90. The fourth-order valence-corrected chi connectivity index (χ4v) is 4.04. The van der Waals surface area contributed by atoms with Gasteiger partial charge in [0.05, 0.1) is 11.5 Å². The standard InChI is InChI=1S/C18H26N4O4/c1-17(2,14(23)12-3-4-13(20-11-12)21-16(25)26)22-9-6-18(7-10-22)5-8-19-15(18)24/h3-4,11,14,23H,5-10H2,1-2H3,(H,19,24)(H,20,21)(H,25,26). The van der Waals surface area contributed by atoms with Crippen LogP contribution in [0.1, 0.15) is 44.8 Å². The number of amides is 2. The molecule has 2 fully saturated rings. The van der Waals surface area contributed by atoms with Gasteiger partial charge in [-0.15, -0.1) is 0 Å². The molecule has 1 spiro atoms. The Balaban J connectivity index is 1.67. The van der Waals surface area contributed by atoms with E-state index in [-0.39, 0.29) is 17.1 Å². The van der Waals surface area contributed by atoms with Gasteiger partial charge < -0.3 is 15.5 Å². The Morgan fingerprint density at radius 1 is 1.35 bits per heavy atom. The zero-order valence-electron chi connectivity index (χ0n) is 15.2. The highest BCUT2D eigenvalue weighted by Gasteiger charge is 2.47. The predicted molar refractivity (Wildman–Crippen MR) is 95.8 cm³/mol. The SMILES string of the molecule is CC(C)(C(O)c1ccc(NC(=O)O)nc1)N1CCC2(CCNC2=O)CC1. The van der Waals surface area contributed by atoms with Crippen LogP contribution in [0.3, 0.4) is 0 Å². The third-order valence-corrected chi connectivity index (χ3v) is 5.91. The first-order valence-electron chi connectivity index (χ1n) is 8.92. The third kappa shape index (κ3) is 3.39. The smallest absolute Gasteiger partial charge is 0.410 e. The molecule has 0 aliphatic carbocycles. The summed E-state index contributed by atoms with van der Waals surface area (Å²) < 4.78 is 0. The van der Waals surface area contributed by atoms with E-state index in [2.05, 4.69) is 20.5 Å². The molecule has 0 radical (unpaired) electrons. The van der Waals surface area contributed by atoms with Crippen LogP contribution in [0.15, 0.2) is 18.3 Å². The number of hydrogen-bond donors (Lipinski definition) is 4. The highest BCUT2D eigenvalue weighted by molar-refractivity contribution is 5.84. The summed E-state index contributed by atoms with van der Waals surface area (Å²) >= 11 is 0. The minimum Gasteiger partial charge on any atom is -0.465 e. The van der Waals surface area contributed by atoms with Gasteiger partial charge in [0, 0.05) is 23.8 Å². The van der Waals surface area contributed by atoms with Crippen LogP contribution >= 0.6 is 0 Å². The number of piperidine rings is 1. The maximum Gasteiger partial charge on any atom is 0.410 e. The van der Waals surface area contributed by atoms with E-state index in [4.69, 9.17) is 5.11 Å². The van der Waals surface area contributed by atoms with E-state index in [1.54, 1.807) is 6.07 Å². The molecule has 2 aliphatic rings. The monoisotopic (exact) mass is 362 g/mol. The number of carbonyl (C=O) groups is 2. The van der Waals surface area contributed by atoms with Crippen molar-refractivity contribution in [2.24, 2.45) is 5.41 Å². The van der Waals surface area contributed by atoms with Gasteiger partial charge in [0.15, 0.2) is 0 Å². The summed E-state index contributed by atoms with van der Waals surface area (Å²) in [5, 5.41) is 24.7. The van der Waals surface area contributed by atoms with Gasteiger partial charge in [0.2, 0.25) is 5.91 Å². The lowest BCUT2D eigenvalue weighted by molar-refractivity contribution is -0.132. The lowest BCUT2D eigenvalue weighted by Gasteiger charge is -2.47. The number of carboxylic acid groups (broad SMARTS) is 1. The minimum absolute atomic E-state index is 0.168. The van der Waals surface area contributed by atoms with Gasteiger partial charge in [-0.1, -0.05) is 6.07 Å². The van der Waals surface area contributed by atoms with Crippen LogP contribution in [0.4, 0.5) is 10.6 Å². The minimum atomic E-state index is -1.18. The molecule has 0 saturated carbocycles. The van der Waals surface area contributed by atoms with Gasteiger partial charge in [-0.2, -0.15) is 0 Å². The van der Waals surface area contributed by atoms with Crippen LogP contribution in [-0.4, -0.2) is 57.3 Å². The van der Waals surface area contributed by atoms with Crippen molar-refractivity contribution >= 4 is 17.8 Å². The second kappa shape index (κ2) is 6.85. The van der Waals surface area contributed by atoms with Gasteiger partial charge in [0.25, 0.3) is 0 Å². The van der Waals surface area contributed by atoms with Crippen molar-refractivity contribution in [3.05, 3.63) is 23.9 Å². The summed E-state index contributed by atoms with van der Waals surface area (Å²) in [4.78, 5) is 29.0. The van der Waals surface area contributed by atoms with Crippen LogP contribution in [0.25, 0.3) is 0 Å². The number of aliphatic hydroxyl groups is 1. The second-order valence-electron chi connectivity index (χ2n) is 7.74. The fraction of sp³-hybridized carbons (Fsp3) is 0.611. The third-order valence-electron chi connectivity index (χ3n) is 5.91. The Labute approximate surface area is 152 Å². The topological polar surface area (TPSA) is 115 Å². The number of nitrogens with zero attached hydrogens (tertiary/aromatic N) is 2. The molecular formula is C18H26N4O4. The summed E-state index contributed by atoms with van der Waals surface area (Å²) in [6.45, 7) is 6.22. The zero-order chi connectivity index (χ0) is 18.9. The summed E-state index contributed by atoms with van der Waals surface area (Å²) in [6.07, 6.45) is 2.03. The first kappa shape index (κ1) is 18.6. The molecule has 3 rings (SSSR count). The largest absolute Gasteiger partial charge is 0.465 e. The molecule has 142 valence electrons. The number of aromatic nitrogens is 1. The molecule has 4 N–H and O–H groups in total. The molecule has 1 unspecified atom stereocenters. The highest BCUT2D eigenvalue weighted by Crippen LogP contribution is 2.41. The number of aliphatic hydroxyl groups excluding tert-OH is 1. The summed E-state index contributed by atoms with van der Waals surface area (Å²) in [6, 6.07) is 3.22. The quantitative estimate of drug-likeness (QED) is 0.647. The molecular weight excluding hydrogens is 336 g/mol. The number of pyridine rings is 1. The van der Waals surface area contributed by atoms with Crippen LogP contribution in [0.5, 0.6) is 0 Å². The molecule has 8 nitrogen and oxygen atoms in total. The van der Waals surface area contributed by atoms with Crippen molar-refractivity contribution in [3.8, 4) is 0 Å². The zero-order valence-corrected chi connectivity index (χ0v) is 15.2. The van der Waals surface area contributed by atoms with Crippen LogP contribution in [0, 0.1) is 5.41 Å². The van der Waals surface area contributed by atoms with Gasteiger partial charge >= 0.3 is 6.09 Å². The van der Waals surface area contributed by atoms with Gasteiger partial charge in [-0.25, -0.2) is 9.78 Å². The van der Waals surface area contributed by atoms with E-state index >= 15 is 0 Å². The number of nitrogens with one attached hydrogen (secondary N) is 2. The maximum absolute atomic E-state index is 12.1. The summed E-state index contributed by atoms with van der Waals surface area (Å²) in [5.41, 5.74) is -0.131. The van der Waals surface area contributed by atoms with Crippen LogP contribution in [0.2, 0.25) is 0 Å². The average molecular weight is 362 g/mol. The molecule has 2 amide bonds. The van der Waals surface area contributed by atoms with E-state index in [0.29, 0.717) is 5.56 Å². The Morgan fingerprint density at radius 2 is 2.04 bits per heavy atom. The van der Waals surface area contributed by atoms with Gasteiger partial charge in [-0.05, 0) is 52.3 Å². The van der Waals surface area contributed by atoms with Crippen LogP contribution < -0.4 is 10.6 Å². The number of carbonyl (C=O) groups excluding carboxylic acids is 1. The molecule has 2 aliphatic heterocycles. The molecule has 0 aromatic carbocycles. The van der Waals surface area contributed by atoms with E-state index in [1.807, 2.05) is 13.8 Å². The Hall–Kier alpha value is -2.19. The summed E-state index contributed by atoms with van der Waals surface area (Å²) in [5.74, 6) is 0.389. The summed E-state index contributed by atoms with van der Waals surface area (Å²) in [7, 11) is 0. The first-order valence-corrected chi connectivity index (χ1v) is 8.92. The molecule has 2 saturated heterocycles. The van der Waals surface area contributed by atoms with Gasteiger partial charge in [0.1, 0.15) is 5.82 Å². The number of anilines is 1. The molecule has 1 aromatic rings. The lowest BCUT2D eigenvalue weighted by atomic mass is 9.75. The lowest BCUT2D eigenvalue weighted by Crippen LogP contribution is -2.54. The van der Waals surface area contributed by atoms with Crippen molar-refractivity contribution in [2.45, 2.75) is 44.8 Å². The van der Waals surface area contributed by atoms with Crippen molar-refractivity contribution < 1.29 is 19.8 Å². The van der Waals surface area contributed by atoms with Gasteiger partial charge in [-0.3, -0.25) is 15.0 Å². The Morgan fingerprint density at radius 3 is 2.54 bits per heavy atom. The number of hydrogen-bond acceptors (Lipinski definition) is 5. The normalized spacial score (nSPS) is 21.4. The van der Waals surface area contributed by atoms with E-state index < -0.39 is 17.7 Å². The number of likely N-dealkylation sites (tertiary alicyclic amines) is 1. The van der Waals surface area contributed by atoms with Crippen molar-refractivity contribution in [2.75, 3.05) is 25.0 Å². The van der Waals surface area contributed by atoms with Crippen molar-refractivity contribution in [3.63, 3.8) is 0 Å². The Bertz CT molecular complexity index is 681. The van der Waals surface area contributed by atoms with Crippen molar-refractivity contribution in [1.29, 1.82) is 0 Å². The second-order valence-corrected chi connectivity index (χ2v) is 7.74. The van der Waals surface area contributed by atoms with E-state index in [1.165, 1.54) is 12.3 Å². The highest BCUT2D eigenvalue weighted by atomic mass is 16.4. The average Bonchev–Trinajstić information content (AvgIpc) is 2.95. The molecule has 8 heteroatoms. The molecule has 1 aromatic heterocycles. The molecule has 0 bridgehead atoms. The molecule has 1 atom stereocenters. The first-order chi connectivity index (χ1) is 12.2. The van der Waals surface area contributed by atoms with Crippen LogP contribution in [-0.2, 0) is 4.79 Å². The molecule has 3 heterocycles.